The molecule has 0 aliphatic rings. The van der Waals surface area contributed by atoms with E-state index >= 15 is 0 Å². The second kappa shape index (κ2) is 8.19. The Hall–Kier alpha value is 0.618. The first-order chi connectivity index (χ1) is 12.2. The first-order valence-electron chi connectivity index (χ1n) is 11.3. The van der Waals surface area contributed by atoms with Crippen LogP contribution in [-0.4, -0.2) is 16.5 Å². The van der Waals surface area contributed by atoms with Gasteiger partial charge in [-0.3, -0.25) is 0 Å². The van der Waals surface area contributed by atoms with Gasteiger partial charge in [-0.25, -0.2) is 0 Å². The van der Waals surface area contributed by atoms with Crippen LogP contribution >= 0.6 is 0 Å². The summed E-state index contributed by atoms with van der Waals surface area (Å²) in [4.78, 5) is 0. The first-order valence-corrected chi connectivity index (χ1v) is 16.5. The minimum absolute atomic E-state index is 0.198. The molecule has 0 heterocycles. The van der Waals surface area contributed by atoms with Crippen LogP contribution in [0.4, 0.5) is 0 Å². The summed E-state index contributed by atoms with van der Waals surface area (Å²) in [5.74, 6) is 0. The molecule has 0 aromatic heterocycles. The van der Waals surface area contributed by atoms with Crippen LogP contribution in [0.25, 0.3) is 0 Å². The van der Waals surface area contributed by atoms with Crippen molar-refractivity contribution < 1.29 is 15.9 Å². The summed E-state index contributed by atoms with van der Waals surface area (Å²) in [6, 6.07) is 0. The van der Waals surface area contributed by atoms with E-state index in [-0.39, 0.29) is 30.2 Å². The number of rotatable bonds is 2. The molecular weight excluding hydrogens is 423 g/mol. The van der Waals surface area contributed by atoms with Crippen LogP contribution in [0.5, 0.6) is 0 Å². The van der Waals surface area contributed by atoms with Gasteiger partial charge in [0.1, 0.15) is 0 Å². The SMILES string of the molecule is CC(C)(C)[Si]([N]=[V]=[N][Si](C(C)(C)C)(C(C)(C)C)C(C)(C)C)(C(C)(C)C)C(C)(C)C. The molecule has 0 radical (unpaired) electrons. The summed E-state index contributed by atoms with van der Waals surface area (Å²) < 4.78 is 11.6. The zero-order valence-electron chi connectivity index (χ0n) is 23.3. The van der Waals surface area contributed by atoms with Crippen molar-refractivity contribution in [2.24, 2.45) is 6.91 Å². The second-order valence-corrected chi connectivity index (χ2v) is 29.6. The fourth-order valence-electron chi connectivity index (χ4n) is 7.81. The van der Waals surface area contributed by atoms with E-state index in [0.717, 1.165) is 0 Å². The van der Waals surface area contributed by atoms with Gasteiger partial charge in [0.05, 0.1) is 0 Å². The van der Waals surface area contributed by atoms with E-state index in [9.17, 15) is 0 Å². The molecule has 0 atom stereocenters. The van der Waals surface area contributed by atoms with Crippen molar-refractivity contribution >= 4 is 16.5 Å². The van der Waals surface area contributed by atoms with E-state index in [1.807, 2.05) is 0 Å². The van der Waals surface area contributed by atoms with Crippen molar-refractivity contribution in [1.82, 2.24) is 0 Å². The van der Waals surface area contributed by atoms with Crippen LogP contribution < -0.4 is 0 Å². The average Bonchev–Trinajstić information content (AvgIpc) is 2.27. The molecule has 0 amide bonds. The zero-order valence-corrected chi connectivity index (χ0v) is 26.7. The summed E-state index contributed by atoms with van der Waals surface area (Å²) >= 11 is -0.394. The summed E-state index contributed by atoms with van der Waals surface area (Å²) in [6.45, 7) is 43.8. The Morgan fingerprint density at radius 2 is 0.483 bits per heavy atom. The molecule has 0 rings (SSSR count). The van der Waals surface area contributed by atoms with Crippen LogP contribution in [0.15, 0.2) is 6.91 Å². The number of hydrogen-bond acceptors (Lipinski definition) is 2. The van der Waals surface area contributed by atoms with Crippen LogP contribution in [0, 0.1) is 0 Å². The van der Waals surface area contributed by atoms with Gasteiger partial charge in [0.2, 0.25) is 0 Å². The van der Waals surface area contributed by atoms with Crippen molar-refractivity contribution in [2.45, 2.75) is 155 Å². The molecule has 0 unspecified atom stereocenters. The minimum atomic E-state index is -2.08. The molecule has 0 fully saturated rings. The molecule has 29 heavy (non-hydrogen) atoms. The number of nitrogens with zero attached hydrogens (tertiary/aromatic N) is 2. The van der Waals surface area contributed by atoms with Gasteiger partial charge in [0.15, 0.2) is 0 Å². The Kier molecular flexibility index (Phi) is 8.37. The van der Waals surface area contributed by atoms with E-state index in [1.54, 1.807) is 0 Å². The molecule has 0 aliphatic heterocycles. The number of hydrogen-bond donors (Lipinski definition) is 0. The topological polar surface area (TPSA) is 24.7 Å². The Morgan fingerprint density at radius 1 is 0.345 bits per heavy atom. The molecule has 0 saturated carbocycles. The summed E-state index contributed by atoms with van der Waals surface area (Å²) in [5.41, 5.74) is 0. The van der Waals surface area contributed by atoms with Gasteiger partial charge < -0.3 is 0 Å². The Labute approximate surface area is 193 Å². The molecule has 2 nitrogen and oxygen atoms in total. The molecular formula is C24H54N2Si2V. The third-order valence-electron chi connectivity index (χ3n) is 6.90. The molecule has 0 aromatic rings. The van der Waals surface area contributed by atoms with Crippen molar-refractivity contribution in [3.63, 3.8) is 0 Å². The van der Waals surface area contributed by atoms with Gasteiger partial charge in [-0.05, 0) is 0 Å². The van der Waals surface area contributed by atoms with Crippen molar-refractivity contribution in [1.29, 1.82) is 0 Å². The van der Waals surface area contributed by atoms with Crippen LogP contribution in [0.2, 0.25) is 30.2 Å². The van der Waals surface area contributed by atoms with Gasteiger partial charge >= 0.3 is 194 Å². The van der Waals surface area contributed by atoms with Gasteiger partial charge in [-0.15, -0.1) is 0 Å². The van der Waals surface area contributed by atoms with E-state index in [2.05, 4.69) is 125 Å². The fourth-order valence-corrected chi connectivity index (χ4v) is 33.9. The van der Waals surface area contributed by atoms with Gasteiger partial charge in [0.25, 0.3) is 0 Å². The van der Waals surface area contributed by atoms with E-state index in [0.29, 0.717) is 0 Å². The van der Waals surface area contributed by atoms with Crippen LogP contribution in [0.3, 0.4) is 0 Å². The molecule has 0 aromatic carbocycles. The first kappa shape index (κ1) is 29.6. The predicted octanol–water partition coefficient (Wildman–Crippen LogP) is 10.1. The molecule has 0 saturated heterocycles. The maximum absolute atomic E-state index is 5.80. The third kappa shape index (κ3) is 5.17. The Bertz CT molecular complexity index is 507. The van der Waals surface area contributed by atoms with E-state index in [1.165, 1.54) is 0 Å². The summed E-state index contributed by atoms with van der Waals surface area (Å²) in [7, 11) is -4.16. The molecule has 173 valence electrons. The predicted molar refractivity (Wildman–Crippen MR) is 135 cm³/mol. The quantitative estimate of drug-likeness (QED) is 0.353. The maximum atomic E-state index is 5.80. The monoisotopic (exact) mass is 477 g/mol. The van der Waals surface area contributed by atoms with Crippen LogP contribution in [0.1, 0.15) is 125 Å². The molecule has 0 bridgehead atoms. The second-order valence-electron chi connectivity index (χ2n) is 15.2. The average molecular weight is 478 g/mol. The molecule has 0 aliphatic carbocycles. The van der Waals surface area contributed by atoms with E-state index < -0.39 is 32.4 Å². The normalized spacial score (nSPS) is 15.8. The fraction of sp³-hybridized carbons (Fsp3) is 1.00. The van der Waals surface area contributed by atoms with Crippen molar-refractivity contribution in [3.8, 4) is 0 Å². The molecule has 0 spiro atoms. The summed E-state index contributed by atoms with van der Waals surface area (Å²) in [5, 5.41) is 1.19. The van der Waals surface area contributed by atoms with Gasteiger partial charge in [0, 0.05) is 0 Å². The van der Waals surface area contributed by atoms with Gasteiger partial charge in [-0.1, -0.05) is 0 Å². The van der Waals surface area contributed by atoms with Crippen molar-refractivity contribution in [2.75, 3.05) is 0 Å². The Morgan fingerprint density at radius 3 is 0.586 bits per heavy atom. The molecule has 5 heteroatoms. The van der Waals surface area contributed by atoms with Crippen LogP contribution in [-0.2, 0) is 15.9 Å². The zero-order chi connectivity index (χ0) is 24.1. The third-order valence-corrected chi connectivity index (χ3v) is 24.4. The summed E-state index contributed by atoms with van der Waals surface area (Å²) in [6.07, 6.45) is 0. The van der Waals surface area contributed by atoms with Crippen molar-refractivity contribution in [3.05, 3.63) is 0 Å². The standard InChI is InChI=1S/2C12H27NSi.V/c2*1-10(2,3)14(13,11(4,5)6)12(7,8)9;/h2*1-9H3;. The van der Waals surface area contributed by atoms with E-state index in [4.69, 9.17) is 6.91 Å². The van der Waals surface area contributed by atoms with Gasteiger partial charge in [-0.2, -0.15) is 0 Å². The molecule has 0 N–H and O–H groups in total. The Balaban J connectivity index is 7.34.